The van der Waals surface area contributed by atoms with Gasteiger partial charge in [-0.15, -0.1) is 6.58 Å². The highest BCUT2D eigenvalue weighted by Gasteiger charge is 2.20. The summed E-state index contributed by atoms with van der Waals surface area (Å²) >= 11 is 6.28. The Hall–Kier alpha value is -2.52. The zero-order valence-corrected chi connectivity index (χ0v) is 15.3. The van der Waals surface area contributed by atoms with Crippen LogP contribution in [0.15, 0.2) is 61.2 Å². The van der Waals surface area contributed by atoms with Crippen molar-refractivity contribution in [3.05, 3.63) is 83.0 Å². The summed E-state index contributed by atoms with van der Waals surface area (Å²) in [5, 5.41) is 1.55. The third kappa shape index (κ3) is 3.47. The van der Waals surface area contributed by atoms with Crippen molar-refractivity contribution in [1.82, 2.24) is 9.47 Å². The summed E-state index contributed by atoms with van der Waals surface area (Å²) in [6, 6.07) is 15.8. The van der Waals surface area contributed by atoms with Gasteiger partial charge in [0.2, 0.25) is 0 Å². The smallest absolute Gasteiger partial charge is 0.271 e. The van der Waals surface area contributed by atoms with Gasteiger partial charge in [-0.05, 0) is 30.7 Å². The van der Waals surface area contributed by atoms with Gasteiger partial charge in [0.25, 0.3) is 5.91 Å². The van der Waals surface area contributed by atoms with Crippen LogP contribution in [0.5, 0.6) is 0 Å². The normalized spacial score (nSPS) is 10.8. The molecule has 1 aromatic heterocycles. The molecule has 128 valence electrons. The minimum absolute atomic E-state index is 0.0322. The molecule has 3 rings (SSSR count). The summed E-state index contributed by atoms with van der Waals surface area (Å²) in [7, 11) is 1.89. The fourth-order valence-corrected chi connectivity index (χ4v) is 3.20. The first-order chi connectivity index (χ1) is 12.0. The van der Waals surface area contributed by atoms with Crippen molar-refractivity contribution in [3.8, 4) is 0 Å². The second-order valence-corrected chi connectivity index (χ2v) is 6.63. The molecule has 0 unspecified atom stereocenters. The zero-order valence-electron chi connectivity index (χ0n) is 14.5. The Balaban J connectivity index is 1.95. The lowest BCUT2D eigenvalue weighted by Crippen LogP contribution is -2.32. The Morgan fingerprint density at radius 3 is 2.60 bits per heavy atom. The quantitative estimate of drug-likeness (QED) is 0.595. The van der Waals surface area contributed by atoms with Gasteiger partial charge >= 0.3 is 0 Å². The molecule has 0 saturated carbocycles. The van der Waals surface area contributed by atoms with Gasteiger partial charge in [0.05, 0.1) is 0 Å². The highest BCUT2D eigenvalue weighted by atomic mass is 35.5. The van der Waals surface area contributed by atoms with E-state index in [9.17, 15) is 4.79 Å². The number of amides is 1. The molecular formula is C21H21ClN2O. The molecule has 0 aliphatic carbocycles. The number of fused-ring (bicyclic) bond motifs is 1. The lowest BCUT2D eigenvalue weighted by atomic mass is 10.1. The van der Waals surface area contributed by atoms with Gasteiger partial charge in [-0.2, -0.15) is 0 Å². The van der Waals surface area contributed by atoms with E-state index in [2.05, 4.69) is 37.8 Å². The molecule has 3 nitrogen and oxygen atoms in total. The van der Waals surface area contributed by atoms with Crippen LogP contribution < -0.4 is 0 Å². The van der Waals surface area contributed by atoms with Gasteiger partial charge < -0.3 is 9.47 Å². The highest BCUT2D eigenvalue weighted by Crippen LogP contribution is 2.27. The van der Waals surface area contributed by atoms with E-state index in [0.29, 0.717) is 23.8 Å². The average molecular weight is 353 g/mol. The predicted octanol–water partition coefficient (Wildman–Crippen LogP) is 4.97. The number of nitrogens with zero attached hydrogens (tertiary/aromatic N) is 2. The molecule has 1 heterocycles. The highest BCUT2D eigenvalue weighted by molar-refractivity contribution is 6.35. The monoisotopic (exact) mass is 352 g/mol. The summed E-state index contributed by atoms with van der Waals surface area (Å²) < 4.78 is 1.90. The molecule has 0 aliphatic rings. The zero-order chi connectivity index (χ0) is 18.0. The molecule has 0 spiro atoms. The van der Waals surface area contributed by atoms with Crippen molar-refractivity contribution < 1.29 is 4.79 Å². The molecule has 25 heavy (non-hydrogen) atoms. The molecular weight excluding hydrogens is 332 g/mol. The maximum Gasteiger partial charge on any atom is 0.271 e. The van der Waals surface area contributed by atoms with E-state index in [4.69, 9.17) is 11.6 Å². The average Bonchev–Trinajstić information content (AvgIpc) is 2.94. The summed E-state index contributed by atoms with van der Waals surface area (Å²) in [5.41, 5.74) is 3.87. The van der Waals surface area contributed by atoms with Crippen LogP contribution in [0.3, 0.4) is 0 Å². The van der Waals surface area contributed by atoms with Crippen LogP contribution in [-0.4, -0.2) is 21.9 Å². The first-order valence-corrected chi connectivity index (χ1v) is 8.58. The molecule has 3 aromatic rings. The van der Waals surface area contributed by atoms with Crippen molar-refractivity contribution in [3.63, 3.8) is 0 Å². The van der Waals surface area contributed by atoms with E-state index in [0.717, 1.165) is 16.5 Å². The van der Waals surface area contributed by atoms with Gasteiger partial charge in [-0.1, -0.05) is 53.6 Å². The molecule has 0 radical (unpaired) electrons. The van der Waals surface area contributed by atoms with Crippen molar-refractivity contribution in [2.75, 3.05) is 6.54 Å². The largest absolute Gasteiger partial charge is 0.340 e. The van der Waals surface area contributed by atoms with Crippen LogP contribution in [0.1, 0.15) is 21.6 Å². The van der Waals surface area contributed by atoms with Crippen molar-refractivity contribution >= 4 is 28.4 Å². The molecule has 1 amide bonds. The molecule has 4 heteroatoms. The number of hydrogen-bond donors (Lipinski definition) is 0. The van der Waals surface area contributed by atoms with E-state index in [1.807, 2.05) is 35.9 Å². The number of halogens is 1. The van der Waals surface area contributed by atoms with Gasteiger partial charge in [0, 0.05) is 36.1 Å². The summed E-state index contributed by atoms with van der Waals surface area (Å²) in [5.74, 6) is -0.0322. The molecule has 2 aromatic carbocycles. The Kier molecular flexibility index (Phi) is 4.95. The summed E-state index contributed by atoms with van der Waals surface area (Å²) in [4.78, 5) is 14.9. The molecule has 0 fully saturated rings. The van der Waals surface area contributed by atoms with Crippen molar-refractivity contribution in [1.29, 1.82) is 0 Å². The second-order valence-electron chi connectivity index (χ2n) is 6.22. The minimum atomic E-state index is -0.0322. The lowest BCUT2D eigenvalue weighted by Gasteiger charge is -2.21. The fraction of sp³-hybridized carbons (Fsp3) is 0.190. The lowest BCUT2D eigenvalue weighted by molar-refractivity contribution is 0.0753. The molecule has 0 N–H and O–H groups in total. The number of aryl methyl sites for hydroxylation is 2. The number of hydrogen-bond acceptors (Lipinski definition) is 1. The molecule has 0 bridgehead atoms. The first kappa shape index (κ1) is 17.3. The number of rotatable bonds is 5. The number of carbonyl (C=O) groups excluding carboxylic acids is 1. The standard InChI is InChI=1S/C21H21ClN2O/c1-4-12-24(14-16-10-8-15(2)9-11-16)21(25)20-13-17-18(22)6-5-7-19(17)23(20)3/h4-11,13H,1,12,14H2,2-3H3. The van der Waals surface area contributed by atoms with Crippen LogP contribution in [0.2, 0.25) is 5.02 Å². The third-order valence-electron chi connectivity index (χ3n) is 4.38. The van der Waals surface area contributed by atoms with Gasteiger partial charge in [-0.25, -0.2) is 0 Å². The number of benzene rings is 2. The molecule has 0 aliphatic heterocycles. The van der Waals surface area contributed by atoms with Crippen LogP contribution in [0.4, 0.5) is 0 Å². The van der Waals surface area contributed by atoms with Gasteiger partial charge in [0.15, 0.2) is 0 Å². The predicted molar refractivity (Wildman–Crippen MR) is 104 cm³/mol. The van der Waals surface area contributed by atoms with E-state index in [1.54, 1.807) is 11.0 Å². The Bertz CT molecular complexity index is 925. The molecule has 0 atom stereocenters. The van der Waals surface area contributed by atoms with Crippen LogP contribution in [0.25, 0.3) is 10.9 Å². The van der Waals surface area contributed by atoms with E-state index in [1.165, 1.54) is 5.56 Å². The van der Waals surface area contributed by atoms with Crippen LogP contribution >= 0.6 is 11.6 Å². The SMILES string of the molecule is C=CCN(Cc1ccc(C)cc1)C(=O)c1cc2c(Cl)cccc2n1C. The fourth-order valence-electron chi connectivity index (χ4n) is 2.98. The Labute approximate surface area is 153 Å². The third-order valence-corrected chi connectivity index (χ3v) is 4.71. The Morgan fingerprint density at radius 2 is 1.96 bits per heavy atom. The van der Waals surface area contributed by atoms with Crippen LogP contribution in [-0.2, 0) is 13.6 Å². The maximum absolute atomic E-state index is 13.1. The van der Waals surface area contributed by atoms with Crippen molar-refractivity contribution in [2.45, 2.75) is 13.5 Å². The summed E-state index contributed by atoms with van der Waals surface area (Å²) in [6.45, 7) is 6.87. The van der Waals surface area contributed by atoms with E-state index < -0.39 is 0 Å². The van der Waals surface area contributed by atoms with Crippen LogP contribution in [0, 0.1) is 6.92 Å². The van der Waals surface area contributed by atoms with E-state index >= 15 is 0 Å². The summed E-state index contributed by atoms with van der Waals surface area (Å²) in [6.07, 6.45) is 1.75. The maximum atomic E-state index is 13.1. The van der Waals surface area contributed by atoms with Gasteiger partial charge in [0.1, 0.15) is 5.69 Å². The number of aromatic nitrogens is 1. The Morgan fingerprint density at radius 1 is 1.24 bits per heavy atom. The topological polar surface area (TPSA) is 25.2 Å². The van der Waals surface area contributed by atoms with Gasteiger partial charge in [-0.3, -0.25) is 4.79 Å². The van der Waals surface area contributed by atoms with Crippen molar-refractivity contribution in [2.24, 2.45) is 7.05 Å². The number of carbonyl (C=O) groups is 1. The molecule has 0 saturated heterocycles. The van der Waals surface area contributed by atoms with E-state index in [-0.39, 0.29) is 5.91 Å². The first-order valence-electron chi connectivity index (χ1n) is 8.21. The minimum Gasteiger partial charge on any atom is -0.340 e. The second kappa shape index (κ2) is 7.16.